The summed E-state index contributed by atoms with van der Waals surface area (Å²) in [6, 6.07) is 0. The molecule has 0 aliphatic heterocycles. The molecule has 0 fully saturated rings. The van der Waals surface area contributed by atoms with Crippen molar-refractivity contribution >= 4 is 11.6 Å². The molecule has 1 aromatic rings. The van der Waals surface area contributed by atoms with Crippen LogP contribution in [0.1, 0.15) is 29.5 Å². The molecule has 6 heteroatoms. The number of aryl methyl sites for hydroxylation is 2. The van der Waals surface area contributed by atoms with E-state index in [0.717, 1.165) is 19.5 Å². The third-order valence-electron chi connectivity index (χ3n) is 3.17. The van der Waals surface area contributed by atoms with Crippen molar-refractivity contribution in [3.63, 3.8) is 0 Å². The minimum atomic E-state index is -0.0399. The van der Waals surface area contributed by atoms with Gasteiger partial charge in [0.15, 0.2) is 0 Å². The summed E-state index contributed by atoms with van der Waals surface area (Å²) in [5, 5.41) is 4.19. The van der Waals surface area contributed by atoms with Gasteiger partial charge in [0.25, 0.3) is 5.91 Å². The lowest BCUT2D eigenvalue weighted by molar-refractivity contribution is 0.0749. The van der Waals surface area contributed by atoms with Crippen molar-refractivity contribution in [2.45, 2.75) is 20.3 Å². The van der Waals surface area contributed by atoms with Gasteiger partial charge in [-0.3, -0.25) is 9.48 Å². The fraction of sp³-hybridized carbons (Fsp3) is 0.692. The summed E-state index contributed by atoms with van der Waals surface area (Å²) >= 11 is 0. The van der Waals surface area contributed by atoms with Gasteiger partial charge in [-0.1, -0.05) is 0 Å². The number of carbonyl (C=O) groups is 1. The summed E-state index contributed by atoms with van der Waals surface area (Å²) < 4.78 is 1.57. The molecule has 0 saturated heterocycles. The lowest BCUT2D eigenvalue weighted by Gasteiger charge is -2.22. The molecule has 0 bridgehead atoms. The number of hydrogen-bond donors (Lipinski definition) is 1. The van der Waals surface area contributed by atoms with Crippen LogP contribution in [0.3, 0.4) is 0 Å². The van der Waals surface area contributed by atoms with Crippen LogP contribution in [0.15, 0.2) is 0 Å². The summed E-state index contributed by atoms with van der Waals surface area (Å²) in [6.45, 7) is 6.16. The quantitative estimate of drug-likeness (QED) is 0.825. The SMILES string of the molecule is CCN(CCCN(C)C)C(=O)c1c(N)c(C)nn1C. The maximum atomic E-state index is 12.5. The Morgan fingerprint density at radius 1 is 1.37 bits per heavy atom. The number of aromatic nitrogens is 2. The summed E-state index contributed by atoms with van der Waals surface area (Å²) in [7, 11) is 5.81. The Labute approximate surface area is 115 Å². The lowest BCUT2D eigenvalue weighted by Crippen LogP contribution is -2.34. The molecular weight excluding hydrogens is 242 g/mol. The molecule has 0 aromatic carbocycles. The monoisotopic (exact) mass is 267 g/mol. The van der Waals surface area contributed by atoms with Gasteiger partial charge in [-0.05, 0) is 40.9 Å². The smallest absolute Gasteiger partial charge is 0.274 e. The fourth-order valence-electron chi connectivity index (χ4n) is 2.06. The number of nitrogens with two attached hydrogens (primary N) is 1. The van der Waals surface area contributed by atoms with E-state index in [2.05, 4.69) is 10.00 Å². The molecule has 0 aliphatic carbocycles. The van der Waals surface area contributed by atoms with Gasteiger partial charge >= 0.3 is 0 Å². The van der Waals surface area contributed by atoms with E-state index < -0.39 is 0 Å². The van der Waals surface area contributed by atoms with Crippen molar-refractivity contribution in [2.24, 2.45) is 7.05 Å². The highest BCUT2D eigenvalue weighted by Crippen LogP contribution is 2.17. The first-order chi connectivity index (χ1) is 8.88. The average molecular weight is 267 g/mol. The Balaban J connectivity index is 2.78. The van der Waals surface area contributed by atoms with Crippen LogP contribution in [0, 0.1) is 6.92 Å². The Morgan fingerprint density at radius 3 is 2.42 bits per heavy atom. The number of rotatable bonds is 6. The molecule has 1 amide bonds. The molecule has 0 atom stereocenters. The number of nitrogens with zero attached hydrogens (tertiary/aromatic N) is 4. The number of anilines is 1. The normalized spacial score (nSPS) is 11.1. The largest absolute Gasteiger partial charge is 0.395 e. The first-order valence-corrected chi connectivity index (χ1v) is 6.61. The highest BCUT2D eigenvalue weighted by molar-refractivity contribution is 5.97. The second kappa shape index (κ2) is 6.56. The van der Waals surface area contributed by atoms with E-state index in [1.165, 1.54) is 0 Å². The fourth-order valence-corrected chi connectivity index (χ4v) is 2.06. The van der Waals surface area contributed by atoms with Gasteiger partial charge < -0.3 is 15.5 Å². The Morgan fingerprint density at radius 2 is 2.00 bits per heavy atom. The molecule has 1 aromatic heterocycles. The van der Waals surface area contributed by atoms with Crippen LogP contribution in [-0.2, 0) is 7.05 Å². The van der Waals surface area contributed by atoms with Crippen molar-refractivity contribution in [1.29, 1.82) is 0 Å². The topological polar surface area (TPSA) is 67.4 Å². The van der Waals surface area contributed by atoms with Crippen LogP contribution in [0.5, 0.6) is 0 Å². The van der Waals surface area contributed by atoms with Gasteiger partial charge in [0.2, 0.25) is 0 Å². The van der Waals surface area contributed by atoms with Crippen molar-refractivity contribution in [3.05, 3.63) is 11.4 Å². The standard InChI is InChI=1S/C13H25N5O/c1-6-18(9-7-8-16(3)4)13(19)12-11(14)10(2)15-17(12)5/h6-9,14H2,1-5H3. The molecule has 108 valence electrons. The summed E-state index contributed by atoms with van der Waals surface area (Å²) in [5.74, 6) is -0.0399. The average Bonchev–Trinajstić information content (AvgIpc) is 2.58. The van der Waals surface area contributed by atoms with Crippen LogP contribution in [0.2, 0.25) is 0 Å². The summed E-state index contributed by atoms with van der Waals surface area (Å²) in [4.78, 5) is 16.4. The number of amides is 1. The summed E-state index contributed by atoms with van der Waals surface area (Å²) in [6.07, 6.45) is 0.948. The van der Waals surface area contributed by atoms with Crippen LogP contribution >= 0.6 is 0 Å². The molecular formula is C13H25N5O. The van der Waals surface area contributed by atoms with E-state index in [-0.39, 0.29) is 5.91 Å². The molecule has 1 heterocycles. The van der Waals surface area contributed by atoms with E-state index in [9.17, 15) is 4.79 Å². The second-order valence-corrected chi connectivity index (χ2v) is 5.01. The molecule has 2 N–H and O–H groups in total. The minimum Gasteiger partial charge on any atom is -0.395 e. The first kappa shape index (κ1) is 15.5. The predicted molar refractivity (Wildman–Crippen MR) is 77.1 cm³/mol. The van der Waals surface area contributed by atoms with Crippen LogP contribution in [-0.4, -0.2) is 59.2 Å². The molecule has 19 heavy (non-hydrogen) atoms. The molecule has 6 nitrogen and oxygen atoms in total. The molecule has 1 rings (SSSR count). The number of nitrogen functional groups attached to an aromatic ring is 1. The second-order valence-electron chi connectivity index (χ2n) is 5.01. The highest BCUT2D eigenvalue weighted by Gasteiger charge is 2.22. The van der Waals surface area contributed by atoms with Crippen molar-refractivity contribution in [1.82, 2.24) is 19.6 Å². The van der Waals surface area contributed by atoms with E-state index in [4.69, 9.17) is 5.73 Å². The Bertz CT molecular complexity index is 438. The van der Waals surface area contributed by atoms with E-state index >= 15 is 0 Å². The maximum absolute atomic E-state index is 12.5. The molecule has 0 saturated carbocycles. The molecule has 0 aliphatic rings. The Kier molecular flexibility index (Phi) is 5.35. The maximum Gasteiger partial charge on any atom is 0.274 e. The molecule has 0 spiro atoms. The van der Waals surface area contributed by atoms with Gasteiger partial charge in [0.1, 0.15) is 5.69 Å². The van der Waals surface area contributed by atoms with Gasteiger partial charge in [0, 0.05) is 20.1 Å². The van der Waals surface area contributed by atoms with Crippen molar-refractivity contribution in [3.8, 4) is 0 Å². The Hall–Kier alpha value is -1.56. The van der Waals surface area contributed by atoms with Crippen LogP contribution in [0.25, 0.3) is 0 Å². The minimum absolute atomic E-state index is 0.0399. The molecule has 0 radical (unpaired) electrons. The third kappa shape index (κ3) is 3.70. The van der Waals surface area contributed by atoms with Crippen LogP contribution < -0.4 is 5.73 Å². The van der Waals surface area contributed by atoms with Crippen molar-refractivity contribution < 1.29 is 4.79 Å². The van der Waals surface area contributed by atoms with Gasteiger partial charge in [-0.2, -0.15) is 5.10 Å². The lowest BCUT2D eigenvalue weighted by atomic mass is 10.2. The third-order valence-corrected chi connectivity index (χ3v) is 3.17. The zero-order chi connectivity index (χ0) is 14.6. The van der Waals surface area contributed by atoms with Crippen LogP contribution in [0.4, 0.5) is 5.69 Å². The highest BCUT2D eigenvalue weighted by atomic mass is 16.2. The van der Waals surface area contributed by atoms with Crippen molar-refractivity contribution in [2.75, 3.05) is 39.5 Å². The number of hydrogen-bond acceptors (Lipinski definition) is 4. The van der Waals surface area contributed by atoms with E-state index in [1.54, 1.807) is 11.7 Å². The zero-order valence-electron chi connectivity index (χ0n) is 12.6. The van der Waals surface area contributed by atoms with E-state index in [1.807, 2.05) is 32.8 Å². The zero-order valence-corrected chi connectivity index (χ0v) is 12.6. The number of carbonyl (C=O) groups excluding carboxylic acids is 1. The predicted octanol–water partition coefficient (Wildman–Crippen LogP) is 0.725. The van der Waals surface area contributed by atoms with Gasteiger partial charge in [-0.15, -0.1) is 0 Å². The van der Waals surface area contributed by atoms with Gasteiger partial charge in [-0.25, -0.2) is 0 Å². The summed E-state index contributed by atoms with van der Waals surface area (Å²) in [5.41, 5.74) is 7.61. The van der Waals surface area contributed by atoms with Gasteiger partial charge in [0.05, 0.1) is 11.4 Å². The first-order valence-electron chi connectivity index (χ1n) is 6.61. The van der Waals surface area contributed by atoms with E-state index in [0.29, 0.717) is 23.6 Å². The molecule has 0 unspecified atom stereocenters.